The summed E-state index contributed by atoms with van der Waals surface area (Å²) in [6.45, 7) is 5.63. The fraction of sp³-hybridized carbons (Fsp3) is 0.857. The molecule has 0 aliphatic carbocycles. The molecule has 40 heavy (non-hydrogen) atoms. The molecule has 1 aromatic heterocycles. The van der Waals surface area contributed by atoms with Gasteiger partial charge < -0.3 is 9.05 Å². The summed E-state index contributed by atoms with van der Waals surface area (Å²) < 4.78 is 27.6. The lowest BCUT2D eigenvalue weighted by Gasteiger charge is -2.19. The molecule has 0 aromatic carbocycles. The molecule has 1 aromatic rings. The first-order valence-electron chi connectivity index (χ1n) is 17.4. The number of hydrogen-bond donors (Lipinski definition) is 0. The molecule has 0 saturated carbocycles. The summed E-state index contributed by atoms with van der Waals surface area (Å²) in [7, 11) is -1.13. The van der Waals surface area contributed by atoms with Gasteiger partial charge in [0.1, 0.15) is 7.05 Å². The molecular weight excluding hydrogens is 513 g/mol. The first-order valence-corrected chi connectivity index (χ1v) is 19.1. The third kappa shape index (κ3) is 22.9. The lowest BCUT2D eigenvalue weighted by Crippen LogP contribution is -2.25. The van der Waals surface area contributed by atoms with Crippen LogP contribution in [0.1, 0.15) is 174 Å². The third-order valence-electron chi connectivity index (χ3n) is 8.00. The molecule has 5 heteroatoms. The maximum atomic E-state index is 13.6. The molecule has 0 atom stereocenters. The highest BCUT2D eigenvalue weighted by atomic mass is 31.2. The molecule has 4 nitrogen and oxygen atoms in total. The van der Waals surface area contributed by atoms with E-state index in [9.17, 15) is 4.57 Å². The molecule has 0 fully saturated rings. The number of aryl methyl sites for hydroxylation is 1. The normalized spacial score (nSPS) is 11.9. The van der Waals surface area contributed by atoms with Gasteiger partial charge in [0.2, 0.25) is 0 Å². The molecule has 0 bridgehead atoms. The van der Waals surface area contributed by atoms with Crippen LogP contribution in [0.25, 0.3) is 0 Å². The Bertz CT molecular complexity index is 675. The Morgan fingerprint density at radius 2 is 0.825 bits per heavy atom. The standard InChI is InChI=1S/C35H67NO3P/c1-4-6-8-10-12-14-16-18-20-22-24-26-32-38-40(37,34-35-28-30-36(3)31-29-35)39-33-27-25-23-21-19-17-15-13-11-9-7-5-2/h28-31H,4-27,32-34H2,1-3H3/q+1. The van der Waals surface area contributed by atoms with E-state index in [4.69, 9.17) is 9.05 Å². The van der Waals surface area contributed by atoms with E-state index in [1.807, 2.05) is 36.1 Å². The summed E-state index contributed by atoms with van der Waals surface area (Å²) >= 11 is 0. The zero-order chi connectivity index (χ0) is 29.0. The SMILES string of the molecule is CCCCCCCCCCCCCCOP(=O)(Cc1cc[n+](C)cc1)OCCCCCCCCCCCCCC. The van der Waals surface area contributed by atoms with Crippen LogP contribution in [0.15, 0.2) is 24.5 Å². The lowest BCUT2D eigenvalue weighted by atomic mass is 10.1. The Hall–Kier alpha value is -0.700. The van der Waals surface area contributed by atoms with Gasteiger partial charge in [-0.2, -0.15) is 0 Å². The molecule has 0 amide bonds. The van der Waals surface area contributed by atoms with Crippen LogP contribution >= 0.6 is 7.60 Å². The van der Waals surface area contributed by atoms with E-state index in [1.165, 1.54) is 128 Å². The van der Waals surface area contributed by atoms with Gasteiger partial charge in [0.25, 0.3) is 0 Å². The van der Waals surface area contributed by atoms with Crippen molar-refractivity contribution in [3.63, 3.8) is 0 Å². The van der Waals surface area contributed by atoms with E-state index >= 15 is 0 Å². The number of nitrogens with zero attached hydrogens (tertiary/aromatic N) is 1. The van der Waals surface area contributed by atoms with Gasteiger partial charge in [-0.15, -0.1) is 0 Å². The van der Waals surface area contributed by atoms with Crippen LogP contribution in [0.3, 0.4) is 0 Å². The van der Waals surface area contributed by atoms with E-state index in [0.29, 0.717) is 19.4 Å². The van der Waals surface area contributed by atoms with Gasteiger partial charge in [-0.05, 0) is 18.4 Å². The Morgan fingerprint density at radius 1 is 0.525 bits per heavy atom. The summed E-state index contributed by atoms with van der Waals surface area (Å²) in [6, 6.07) is 4.04. The van der Waals surface area contributed by atoms with Gasteiger partial charge in [-0.25, -0.2) is 4.57 Å². The number of pyridine rings is 1. The van der Waals surface area contributed by atoms with E-state index in [2.05, 4.69) is 13.8 Å². The largest absolute Gasteiger partial charge is 0.335 e. The van der Waals surface area contributed by atoms with Crippen molar-refractivity contribution < 1.29 is 18.2 Å². The molecule has 234 valence electrons. The van der Waals surface area contributed by atoms with Crippen LogP contribution in [0, 0.1) is 0 Å². The zero-order valence-electron chi connectivity index (χ0n) is 27.0. The predicted molar refractivity (Wildman–Crippen MR) is 173 cm³/mol. The van der Waals surface area contributed by atoms with Gasteiger partial charge in [0.05, 0.1) is 19.4 Å². The second-order valence-corrected chi connectivity index (χ2v) is 14.1. The highest BCUT2D eigenvalue weighted by molar-refractivity contribution is 7.53. The molecular formula is C35H67NO3P+. The van der Waals surface area contributed by atoms with Crippen molar-refractivity contribution >= 4 is 7.60 Å². The Kier molecular flexibility index (Phi) is 25.3. The van der Waals surface area contributed by atoms with Crippen LogP contribution < -0.4 is 4.57 Å². The summed E-state index contributed by atoms with van der Waals surface area (Å²) in [5, 5.41) is 0. The number of hydrogen-bond acceptors (Lipinski definition) is 3. The van der Waals surface area contributed by atoms with Crippen molar-refractivity contribution in [3.8, 4) is 0 Å². The van der Waals surface area contributed by atoms with Gasteiger partial charge in [-0.1, -0.05) is 155 Å². The first kappa shape index (κ1) is 37.3. The van der Waals surface area contributed by atoms with Crippen LogP contribution in [0.5, 0.6) is 0 Å². The summed E-state index contributed by atoms with van der Waals surface area (Å²) in [5.41, 5.74) is 1.02. The average molecular weight is 581 g/mol. The van der Waals surface area contributed by atoms with Gasteiger partial charge in [0, 0.05) is 12.1 Å². The minimum atomic E-state index is -3.13. The lowest BCUT2D eigenvalue weighted by molar-refractivity contribution is -0.671. The smallest absolute Gasteiger partial charge is 0.308 e. The highest BCUT2D eigenvalue weighted by Gasteiger charge is 2.25. The Labute approximate surface area is 249 Å². The number of rotatable bonds is 30. The molecule has 0 radical (unpaired) electrons. The second kappa shape index (κ2) is 27.2. The van der Waals surface area contributed by atoms with Crippen LogP contribution in [0.4, 0.5) is 0 Å². The van der Waals surface area contributed by atoms with Gasteiger partial charge >= 0.3 is 7.60 Å². The van der Waals surface area contributed by atoms with Crippen LogP contribution in [-0.4, -0.2) is 13.2 Å². The molecule has 0 aliphatic heterocycles. The molecule has 1 heterocycles. The van der Waals surface area contributed by atoms with E-state index in [0.717, 1.165) is 31.2 Å². The van der Waals surface area contributed by atoms with Gasteiger partial charge in [0.15, 0.2) is 12.4 Å². The number of unbranched alkanes of at least 4 members (excludes halogenated alkanes) is 22. The fourth-order valence-electron chi connectivity index (χ4n) is 5.28. The summed E-state index contributed by atoms with van der Waals surface area (Å²) in [5.74, 6) is 0. The van der Waals surface area contributed by atoms with E-state index in [-0.39, 0.29) is 0 Å². The molecule has 0 unspecified atom stereocenters. The van der Waals surface area contributed by atoms with Crippen LogP contribution in [-0.2, 0) is 26.8 Å². The minimum absolute atomic E-state index is 0.365. The Morgan fingerprint density at radius 3 is 1.15 bits per heavy atom. The van der Waals surface area contributed by atoms with Crippen molar-refractivity contribution in [1.82, 2.24) is 0 Å². The average Bonchev–Trinajstić information content (AvgIpc) is 2.95. The second-order valence-electron chi connectivity index (χ2n) is 12.1. The van der Waals surface area contributed by atoms with Crippen LogP contribution in [0.2, 0.25) is 0 Å². The topological polar surface area (TPSA) is 39.4 Å². The molecule has 0 N–H and O–H groups in total. The molecule has 1 rings (SSSR count). The molecule has 0 spiro atoms. The van der Waals surface area contributed by atoms with Crippen molar-refractivity contribution in [2.45, 2.75) is 174 Å². The highest BCUT2D eigenvalue weighted by Crippen LogP contribution is 2.51. The Balaban J connectivity index is 2.18. The minimum Gasteiger partial charge on any atom is -0.308 e. The molecule has 0 saturated heterocycles. The van der Waals surface area contributed by atoms with Gasteiger partial charge in [-0.3, -0.25) is 4.57 Å². The van der Waals surface area contributed by atoms with Crippen molar-refractivity contribution in [3.05, 3.63) is 30.1 Å². The van der Waals surface area contributed by atoms with Crippen molar-refractivity contribution in [1.29, 1.82) is 0 Å². The predicted octanol–water partition coefficient (Wildman–Crippen LogP) is 11.6. The summed E-state index contributed by atoms with van der Waals surface area (Å²) in [4.78, 5) is 0. The monoisotopic (exact) mass is 580 g/mol. The van der Waals surface area contributed by atoms with E-state index in [1.54, 1.807) is 0 Å². The quantitative estimate of drug-likeness (QED) is 0.0516. The fourth-order valence-corrected chi connectivity index (χ4v) is 7.01. The van der Waals surface area contributed by atoms with E-state index < -0.39 is 7.60 Å². The zero-order valence-corrected chi connectivity index (χ0v) is 27.9. The number of aromatic nitrogens is 1. The maximum Gasteiger partial charge on any atom is 0.335 e. The summed E-state index contributed by atoms with van der Waals surface area (Å²) in [6.07, 6.45) is 35.8. The third-order valence-corrected chi connectivity index (χ3v) is 9.90. The first-order chi connectivity index (χ1) is 19.6. The van der Waals surface area contributed by atoms with Crippen molar-refractivity contribution in [2.75, 3.05) is 13.2 Å². The van der Waals surface area contributed by atoms with Crippen molar-refractivity contribution in [2.24, 2.45) is 7.05 Å². The molecule has 0 aliphatic rings. The maximum absolute atomic E-state index is 13.6.